The van der Waals surface area contributed by atoms with Crippen molar-refractivity contribution in [2.75, 3.05) is 19.7 Å². The number of rotatable bonds is 4. The summed E-state index contributed by atoms with van der Waals surface area (Å²) >= 11 is 0. The second kappa shape index (κ2) is 5.65. The largest absolute Gasteiger partial charge is 0.342 e. The van der Waals surface area contributed by atoms with Gasteiger partial charge in [0.15, 0.2) is 0 Å². The molecule has 0 aromatic carbocycles. The van der Waals surface area contributed by atoms with Crippen LogP contribution < -0.4 is 10.9 Å². The van der Waals surface area contributed by atoms with Gasteiger partial charge in [0, 0.05) is 12.0 Å². The van der Waals surface area contributed by atoms with Crippen LogP contribution in [0.25, 0.3) is 0 Å². The summed E-state index contributed by atoms with van der Waals surface area (Å²) in [5.41, 5.74) is -0.318. The lowest BCUT2D eigenvalue weighted by molar-refractivity contribution is -0.167. The molecule has 1 saturated carbocycles. The molecule has 0 spiro atoms. The second-order valence-corrected chi connectivity index (χ2v) is 5.16. The zero-order valence-electron chi connectivity index (χ0n) is 11.4. The lowest BCUT2D eigenvalue weighted by Gasteiger charge is -2.13. The maximum Gasteiger partial charge on any atom is 0.270 e. The molecule has 1 saturated heterocycles. The van der Waals surface area contributed by atoms with Crippen molar-refractivity contribution < 1.29 is 14.4 Å². The van der Waals surface area contributed by atoms with Crippen LogP contribution in [-0.4, -0.2) is 46.5 Å². The first-order chi connectivity index (χ1) is 10.1. The third-order valence-corrected chi connectivity index (χ3v) is 3.39. The number of aromatic amines is 1. The molecule has 3 rings (SSSR count). The molecule has 0 radical (unpaired) electrons. The second-order valence-electron chi connectivity index (χ2n) is 5.16. The van der Waals surface area contributed by atoms with Gasteiger partial charge in [-0.2, -0.15) is 0 Å². The topological polar surface area (TPSA) is 104 Å². The molecule has 8 nitrogen and oxygen atoms in total. The molecule has 0 unspecified atom stereocenters. The molecular formula is C13H16N4O4. The molecule has 8 heteroatoms. The van der Waals surface area contributed by atoms with E-state index in [2.05, 4.69) is 15.3 Å². The lowest BCUT2D eigenvalue weighted by atomic mass is 10.3. The fraction of sp³-hybridized carbons (Fsp3) is 0.538. The summed E-state index contributed by atoms with van der Waals surface area (Å²) in [6.07, 6.45) is 2.73. The summed E-state index contributed by atoms with van der Waals surface area (Å²) in [5, 5.41) is 3.70. The highest BCUT2D eigenvalue weighted by Crippen LogP contribution is 2.37. The summed E-state index contributed by atoms with van der Waals surface area (Å²) in [6.45, 7) is 0.871. The van der Waals surface area contributed by atoms with Crippen LogP contribution in [0, 0.1) is 0 Å². The van der Waals surface area contributed by atoms with E-state index in [1.807, 2.05) is 0 Å². The van der Waals surface area contributed by atoms with Gasteiger partial charge in [0.1, 0.15) is 11.5 Å². The lowest BCUT2D eigenvalue weighted by Crippen LogP contribution is -2.38. The van der Waals surface area contributed by atoms with E-state index in [1.165, 1.54) is 5.06 Å². The van der Waals surface area contributed by atoms with E-state index in [-0.39, 0.29) is 29.6 Å². The summed E-state index contributed by atoms with van der Waals surface area (Å²) in [5.74, 6) is -0.0596. The van der Waals surface area contributed by atoms with Crippen molar-refractivity contribution in [1.82, 2.24) is 20.3 Å². The first-order valence-corrected chi connectivity index (χ1v) is 6.96. The third-order valence-electron chi connectivity index (χ3n) is 3.39. The molecule has 1 aromatic rings. The van der Waals surface area contributed by atoms with Gasteiger partial charge in [0.2, 0.25) is 0 Å². The Bertz CT molecular complexity index is 617. The maximum atomic E-state index is 12.0. The first kappa shape index (κ1) is 13.7. The highest BCUT2D eigenvalue weighted by molar-refractivity contribution is 5.94. The molecule has 1 aliphatic carbocycles. The van der Waals surface area contributed by atoms with E-state index in [4.69, 9.17) is 4.84 Å². The number of hydroxylamine groups is 2. The minimum absolute atomic E-state index is 0.0378. The van der Waals surface area contributed by atoms with Crippen molar-refractivity contribution >= 4 is 11.8 Å². The number of nitrogens with one attached hydrogen (secondary N) is 2. The molecule has 0 atom stereocenters. The summed E-state index contributed by atoms with van der Waals surface area (Å²) in [4.78, 5) is 47.1. The van der Waals surface area contributed by atoms with E-state index in [1.54, 1.807) is 0 Å². The van der Waals surface area contributed by atoms with E-state index >= 15 is 0 Å². The highest BCUT2D eigenvalue weighted by atomic mass is 16.7. The number of aromatic nitrogens is 2. The standard InChI is InChI=1S/C13H16N4O4/c18-10-6-9(15-12(16-10)8-2-3-8)13(20)14-7-11(19)17-4-1-5-21-17/h6,8H,1-5,7H2,(H,14,20)(H,15,16,18). The molecular weight excluding hydrogens is 276 g/mol. The number of carbonyl (C=O) groups is 2. The Kier molecular flexibility index (Phi) is 3.70. The Morgan fingerprint density at radius 2 is 2.29 bits per heavy atom. The van der Waals surface area contributed by atoms with Crippen LogP contribution in [0.5, 0.6) is 0 Å². The minimum Gasteiger partial charge on any atom is -0.342 e. The Morgan fingerprint density at radius 1 is 1.48 bits per heavy atom. The molecule has 1 aromatic heterocycles. The number of hydrogen-bond donors (Lipinski definition) is 2. The van der Waals surface area contributed by atoms with E-state index in [9.17, 15) is 14.4 Å². The fourth-order valence-electron chi connectivity index (χ4n) is 2.12. The smallest absolute Gasteiger partial charge is 0.270 e. The first-order valence-electron chi connectivity index (χ1n) is 6.96. The third kappa shape index (κ3) is 3.27. The fourth-order valence-corrected chi connectivity index (χ4v) is 2.12. The van der Waals surface area contributed by atoms with Crippen molar-refractivity contribution in [2.24, 2.45) is 0 Å². The molecule has 21 heavy (non-hydrogen) atoms. The van der Waals surface area contributed by atoms with Crippen molar-refractivity contribution in [3.05, 3.63) is 27.9 Å². The highest BCUT2D eigenvalue weighted by Gasteiger charge is 2.27. The molecule has 0 bridgehead atoms. The van der Waals surface area contributed by atoms with Gasteiger partial charge in [-0.25, -0.2) is 10.0 Å². The molecule has 2 N–H and O–H groups in total. The van der Waals surface area contributed by atoms with E-state index < -0.39 is 5.91 Å². The predicted molar refractivity (Wildman–Crippen MR) is 71.4 cm³/mol. The van der Waals surface area contributed by atoms with E-state index in [0.717, 1.165) is 25.3 Å². The van der Waals surface area contributed by atoms with Gasteiger partial charge < -0.3 is 10.3 Å². The molecule has 1 aliphatic heterocycles. The molecule has 2 fully saturated rings. The number of hydrogen-bond acceptors (Lipinski definition) is 5. The number of amides is 2. The quantitative estimate of drug-likeness (QED) is 0.781. The van der Waals surface area contributed by atoms with Gasteiger partial charge in [0.25, 0.3) is 17.4 Å². The number of nitrogens with zero attached hydrogens (tertiary/aromatic N) is 2. The monoisotopic (exact) mass is 292 g/mol. The van der Waals surface area contributed by atoms with Crippen molar-refractivity contribution in [1.29, 1.82) is 0 Å². The van der Waals surface area contributed by atoms with Crippen LogP contribution in [0.2, 0.25) is 0 Å². The predicted octanol–water partition coefficient (Wildman–Crippen LogP) is -0.459. The van der Waals surface area contributed by atoms with E-state index in [0.29, 0.717) is 19.0 Å². The molecule has 2 amide bonds. The maximum absolute atomic E-state index is 12.0. The van der Waals surface area contributed by atoms with Gasteiger partial charge in [-0.3, -0.25) is 19.2 Å². The van der Waals surface area contributed by atoms with Gasteiger partial charge in [-0.05, 0) is 19.3 Å². The van der Waals surface area contributed by atoms with Crippen LogP contribution in [0.4, 0.5) is 0 Å². The zero-order valence-corrected chi connectivity index (χ0v) is 11.4. The van der Waals surface area contributed by atoms with Gasteiger partial charge in [-0.15, -0.1) is 0 Å². The summed E-state index contributed by atoms with van der Waals surface area (Å²) in [6, 6.07) is 1.14. The average molecular weight is 292 g/mol. The van der Waals surface area contributed by atoms with Crippen LogP contribution in [0.3, 0.4) is 0 Å². The van der Waals surface area contributed by atoms with Gasteiger partial charge >= 0.3 is 0 Å². The van der Waals surface area contributed by atoms with Crippen LogP contribution in [0.1, 0.15) is 41.5 Å². The Hall–Kier alpha value is -2.22. The average Bonchev–Trinajstić information content (AvgIpc) is 3.18. The molecule has 2 heterocycles. The van der Waals surface area contributed by atoms with Crippen LogP contribution in [0.15, 0.2) is 10.9 Å². The summed E-state index contributed by atoms with van der Waals surface area (Å²) in [7, 11) is 0. The van der Waals surface area contributed by atoms with Gasteiger partial charge in [0.05, 0.1) is 19.7 Å². The van der Waals surface area contributed by atoms with Gasteiger partial charge in [-0.1, -0.05) is 0 Å². The molecule has 2 aliphatic rings. The van der Waals surface area contributed by atoms with Crippen molar-refractivity contribution in [2.45, 2.75) is 25.2 Å². The Morgan fingerprint density at radius 3 is 2.95 bits per heavy atom. The number of H-pyrrole nitrogens is 1. The van der Waals surface area contributed by atoms with Crippen LogP contribution >= 0.6 is 0 Å². The van der Waals surface area contributed by atoms with Crippen molar-refractivity contribution in [3.63, 3.8) is 0 Å². The molecule has 112 valence electrons. The van der Waals surface area contributed by atoms with Crippen molar-refractivity contribution in [3.8, 4) is 0 Å². The Labute approximate surface area is 120 Å². The zero-order chi connectivity index (χ0) is 14.8. The SMILES string of the molecule is O=C(NCC(=O)N1CCCO1)c1cc(=O)[nH]c(C2CC2)n1. The van der Waals surface area contributed by atoms with Crippen LogP contribution in [-0.2, 0) is 9.63 Å². The summed E-state index contributed by atoms with van der Waals surface area (Å²) < 4.78 is 0. The normalized spacial score (nSPS) is 17.8. The Balaban J connectivity index is 1.62. The minimum atomic E-state index is -0.532. The number of carbonyl (C=O) groups excluding carboxylic acids is 2.